The van der Waals surface area contributed by atoms with E-state index in [-0.39, 0.29) is 24.7 Å². The Labute approximate surface area is 166 Å². The molecule has 0 radical (unpaired) electrons. The molecule has 0 saturated carbocycles. The Balaban J connectivity index is 2.17. The quantitative estimate of drug-likeness (QED) is 0.675. The van der Waals surface area contributed by atoms with E-state index in [0.717, 1.165) is 36.4 Å². The molecule has 27 heavy (non-hydrogen) atoms. The van der Waals surface area contributed by atoms with Gasteiger partial charge in [0, 0.05) is 17.2 Å². The Kier molecular flexibility index (Phi) is 7.57. The van der Waals surface area contributed by atoms with Gasteiger partial charge in [-0.25, -0.2) is 4.98 Å². The van der Waals surface area contributed by atoms with Crippen LogP contribution in [0.2, 0.25) is 0 Å². The van der Waals surface area contributed by atoms with Crippen molar-refractivity contribution in [2.45, 2.75) is 79.2 Å². The van der Waals surface area contributed by atoms with Crippen LogP contribution in [-0.4, -0.2) is 34.6 Å². The predicted molar refractivity (Wildman–Crippen MR) is 107 cm³/mol. The van der Waals surface area contributed by atoms with Crippen LogP contribution >= 0.6 is 11.3 Å². The zero-order valence-corrected chi connectivity index (χ0v) is 18.0. The van der Waals surface area contributed by atoms with E-state index in [4.69, 9.17) is 4.74 Å². The highest BCUT2D eigenvalue weighted by Crippen LogP contribution is 2.32. The molecule has 1 aliphatic heterocycles. The van der Waals surface area contributed by atoms with Gasteiger partial charge in [-0.2, -0.15) is 0 Å². The lowest BCUT2D eigenvalue weighted by Gasteiger charge is -2.32. The summed E-state index contributed by atoms with van der Waals surface area (Å²) >= 11 is 1.66. The first-order valence-corrected chi connectivity index (χ1v) is 10.8. The average Bonchev–Trinajstić information content (AvgIpc) is 2.92. The first-order chi connectivity index (χ1) is 12.6. The van der Waals surface area contributed by atoms with Crippen molar-refractivity contribution in [1.29, 1.82) is 0 Å². The number of aryl methyl sites for hydroxylation is 2. The molecule has 1 N–H and O–H groups in total. The fourth-order valence-electron chi connectivity index (χ4n) is 3.88. The summed E-state index contributed by atoms with van der Waals surface area (Å²) in [5.41, 5.74) is 0.148. The second kappa shape index (κ2) is 9.28. The van der Waals surface area contributed by atoms with Crippen LogP contribution < -0.4 is 0 Å². The molecule has 3 atom stereocenters. The topological polar surface area (TPSA) is 76.5 Å². The molecular weight excluding hydrogens is 362 g/mol. The molecule has 6 heteroatoms. The maximum atomic E-state index is 12.9. The number of aromatic nitrogens is 1. The van der Waals surface area contributed by atoms with E-state index >= 15 is 0 Å². The summed E-state index contributed by atoms with van der Waals surface area (Å²) in [5, 5.41) is 11.5. The fraction of sp³-hybridized carbons (Fsp3) is 0.762. The Morgan fingerprint density at radius 3 is 2.63 bits per heavy atom. The van der Waals surface area contributed by atoms with Crippen LogP contribution in [0.1, 0.15) is 69.0 Å². The molecule has 152 valence electrons. The van der Waals surface area contributed by atoms with Gasteiger partial charge >= 0.3 is 5.97 Å². The summed E-state index contributed by atoms with van der Waals surface area (Å²) in [5.74, 6) is -0.165. The van der Waals surface area contributed by atoms with E-state index in [9.17, 15) is 14.7 Å². The Hall–Kier alpha value is -1.27. The van der Waals surface area contributed by atoms with Crippen molar-refractivity contribution < 1.29 is 19.4 Å². The van der Waals surface area contributed by atoms with Crippen molar-refractivity contribution in [3.05, 3.63) is 15.6 Å². The van der Waals surface area contributed by atoms with Crippen LogP contribution in [0.4, 0.5) is 0 Å². The minimum atomic E-state index is -1.04. The highest BCUT2D eigenvalue weighted by molar-refractivity contribution is 7.11. The molecule has 0 bridgehead atoms. The minimum Gasteiger partial charge on any atom is -0.465 e. The number of nitrogens with zero attached hydrogens (tertiary/aromatic N) is 1. The lowest BCUT2D eigenvalue weighted by Crippen LogP contribution is -2.42. The Bertz CT molecular complexity index is 667. The van der Waals surface area contributed by atoms with E-state index in [1.807, 2.05) is 13.8 Å². The number of cyclic esters (lactones) is 1. The number of hydrogen-bond donors (Lipinski definition) is 1. The maximum absolute atomic E-state index is 12.9. The van der Waals surface area contributed by atoms with Gasteiger partial charge in [-0.15, -0.1) is 11.3 Å². The fourth-order valence-corrected chi connectivity index (χ4v) is 4.84. The summed E-state index contributed by atoms with van der Waals surface area (Å²) in [7, 11) is 0. The normalized spacial score (nSPS) is 28.4. The summed E-state index contributed by atoms with van der Waals surface area (Å²) < 4.78 is 5.32. The number of rotatable bonds is 0. The molecule has 0 aromatic carbocycles. The van der Waals surface area contributed by atoms with E-state index in [1.54, 1.807) is 25.2 Å². The van der Waals surface area contributed by atoms with Crippen molar-refractivity contribution in [2.24, 2.45) is 17.3 Å². The average molecular weight is 396 g/mol. The van der Waals surface area contributed by atoms with Crippen molar-refractivity contribution in [3.8, 4) is 0 Å². The molecule has 1 aliphatic rings. The molecule has 0 saturated heterocycles. The third-order valence-electron chi connectivity index (χ3n) is 5.62. The number of esters is 1. The number of aliphatic hydroxyl groups excluding tert-OH is 1. The molecule has 3 unspecified atom stereocenters. The lowest BCUT2D eigenvalue weighted by atomic mass is 9.74. The van der Waals surface area contributed by atoms with Gasteiger partial charge in [-0.1, -0.05) is 34.1 Å². The minimum absolute atomic E-state index is 0.0131. The maximum Gasteiger partial charge on any atom is 0.308 e. The predicted octanol–water partition coefficient (Wildman–Crippen LogP) is 3.88. The smallest absolute Gasteiger partial charge is 0.308 e. The number of Topliss-reactive ketones (excluding diaryl/α,β-unsaturated/α-hetero) is 1. The van der Waals surface area contributed by atoms with Gasteiger partial charge in [0.25, 0.3) is 0 Å². The first-order valence-electron chi connectivity index (χ1n) is 9.94. The van der Waals surface area contributed by atoms with Crippen LogP contribution in [0.3, 0.4) is 0 Å². The second-order valence-electron chi connectivity index (χ2n) is 8.51. The first kappa shape index (κ1) is 22.0. The van der Waals surface area contributed by atoms with Gasteiger partial charge in [-0.3, -0.25) is 9.59 Å². The zero-order chi connectivity index (χ0) is 20.2. The highest BCUT2D eigenvalue weighted by atomic mass is 32.1. The van der Waals surface area contributed by atoms with Crippen molar-refractivity contribution >= 4 is 23.1 Å². The lowest BCUT2D eigenvalue weighted by molar-refractivity contribution is -0.150. The van der Waals surface area contributed by atoms with Crippen molar-refractivity contribution in [1.82, 2.24) is 4.98 Å². The van der Waals surface area contributed by atoms with Gasteiger partial charge in [0.05, 0.1) is 35.2 Å². The second-order valence-corrected chi connectivity index (χ2v) is 9.80. The zero-order valence-electron chi connectivity index (χ0n) is 17.2. The summed E-state index contributed by atoms with van der Waals surface area (Å²) in [4.78, 5) is 30.8. The molecule has 0 aliphatic carbocycles. The van der Waals surface area contributed by atoms with Gasteiger partial charge in [-0.05, 0) is 32.1 Å². The highest BCUT2D eigenvalue weighted by Gasteiger charge is 2.39. The van der Waals surface area contributed by atoms with E-state index < -0.39 is 17.5 Å². The molecule has 2 rings (SSSR count). The van der Waals surface area contributed by atoms with Crippen LogP contribution in [0, 0.1) is 24.2 Å². The summed E-state index contributed by atoms with van der Waals surface area (Å²) in [6, 6.07) is 0. The van der Waals surface area contributed by atoms with Crippen LogP contribution in [-0.2, 0) is 27.2 Å². The third kappa shape index (κ3) is 5.85. The van der Waals surface area contributed by atoms with Gasteiger partial charge < -0.3 is 9.84 Å². The van der Waals surface area contributed by atoms with Crippen LogP contribution in [0.25, 0.3) is 0 Å². The number of hydrogen-bond acceptors (Lipinski definition) is 6. The molecule has 2 heterocycles. The number of fused-ring (bicyclic) bond motifs is 1. The van der Waals surface area contributed by atoms with Crippen molar-refractivity contribution in [2.75, 3.05) is 6.61 Å². The number of aliphatic hydroxyl groups is 1. The standard InChI is InChI=1S/C21H33NO4S/c1-13-7-6-8-16-17(27-15(3)22-16)9-10-26-19(24)12-18(23)21(4,5)20(25)14(2)11-13/h13-14,18,23H,6-12H2,1-5H3. The molecule has 1 aromatic rings. The number of carbonyl (C=O) groups excluding carboxylic acids is 2. The third-order valence-corrected chi connectivity index (χ3v) is 6.69. The number of ether oxygens (including phenoxy) is 1. The van der Waals surface area contributed by atoms with E-state index in [1.165, 1.54) is 4.88 Å². The number of thiazole rings is 1. The largest absolute Gasteiger partial charge is 0.465 e. The Morgan fingerprint density at radius 1 is 1.22 bits per heavy atom. The summed E-state index contributed by atoms with van der Waals surface area (Å²) in [6.45, 7) is 9.84. The van der Waals surface area contributed by atoms with E-state index in [0.29, 0.717) is 12.3 Å². The SMILES string of the molecule is Cc1nc2c(s1)CCOC(=O)CC(O)C(C)(C)C(=O)C(C)CC(C)CCC2. The molecule has 0 spiro atoms. The van der Waals surface area contributed by atoms with Gasteiger partial charge in [0.15, 0.2) is 0 Å². The molecular formula is C21H33NO4S. The molecule has 0 fully saturated rings. The van der Waals surface area contributed by atoms with Gasteiger partial charge in [0.2, 0.25) is 0 Å². The summed E-state index contributed by atoms with van der Waals surface area (Å²) in [6.07, 6.45) is 3.25. The van der Waals surface area contributed by atoms with Crippen LogP contribution in [0.15, 0.2) is 0 Å². The molecule has 0 amide bonds. The Morgan fingerprint density at radius 2 is 1.93 bits per heavy atom. The van der Waals surface area contributed by atoms with Gasteiger partial charge in [0.1, 0.15) is 5.78 Å². The number of ketones is 1. The van der Waals surface area contributed by atoms with Crippen LogP contribution in [0.5, 0.6) is 0 Å². The number of carbonyl (C=O) groups is 2. The molecule has 5 nitrogen and oxygen atoms in total. The van der Waals surface area contributed by atoms with E-state index in [2.05, 4.69) is 11.9 Å². The molecule has 1 aromatic heterocycles. The van der Waals surface area contributed by atoms with Crippen molar-refractivity contribution in [3.63, 3.8) is 0 Å². The monoisotopic (exact) mass is 395 g/mol.